The van der Waals surface area contributed by atoms with Gasteiger partial charge < -0.3 is 5.32 Å². The molecule has 1 fully saturated rings. The van der Waals surface area contributed by atoms with E-state index in [0.29, 0.717) is 11.3 Å². The third-order valence-corrected chi connectivity index (χ3v) is 4.25. The number of nitrogens with one attached hydrogen (secondary N) is 1. The van der Waals surface area contributed by atoms with Gasteiger partial charge in [0.2, 0.25) is 11.8 Å². The van der Waals surface area contributed by atoms with Crippen molar-refractivity contribution in [2.75, 3.05) is 10.2 Å². The predicted molar refractivity (Wildman–Crippen MR) is 96.7 cm³/mol. The Balaban J connectivity index is 1.85. The molecule has 3 rings (SSSR count). The van der Waals surface area contributed by atoms with Crippen LogP contribution < -0.4 is 10.2 Å². The molecule has 0 aromatic heterocycles. The molecule has 128 valence electrons. The highest BCUT2D eigenvalue weighted by Crippen LogP contribution is 2.26. The van der Waals surface area contributed by atoms with E-state index in [1.807, 2.05) is 24.3 Å². The van der Waals surface area contributed by atoms with Crippen LogP contribution in [0, 0.1) is 0 Å². The van der Waals surface area contributed by atoms with E-state index >= 15 is 0 Å². The van der Waals surface area contributed by atoms with Gasteiger partial charge in [-0.25, -0.2) is 0 Å². The molecule has 2 aromatic carbocycles. The fourth-order valence-corrected chi connectivity index (χ4v) is 2.96. The van der Waals surface area contributed by atoms with Gasteiger partial charge in [0, 0.05) is 24.1 Å². The molecule has 2 aromatic rings. The minimum atomic E-state index is -0.269. The number of nitrogens with zero attached hydrogens (tertiary/aromatic N) is 1. The number of hydrogen-bond donors (Lipinski definition) is 1. The molecule has 5 heteroatoms. The minimum Gasteiger partial charge on any atom is -0.322 e. The number of para-hydroxylation sites is 1. The van der Waals surface area contributed by atoms with Crippen LogP contribution in [-0.2, 0) is 9.59 Å². The smallest absolute Gasteiger partial charge is 0.255 e. The fourth-order valence-electron chi connectivity index (χ4n) is 2.96. The van der Waals surface area contributed by atoms with Gasteiger partial charge in [-0.2, -0.15) is 0 Å². The van der Waals surface area contributed by atoms with E-state index in [0.717, 1.165) is 16.2 Å². The van der Waals surface area contributed by atoms with Crippen molar-refractivity contribution in [3.63, 3.8) is 0 Å². The number of carbonyl (C=O) groups is 3. The van der Waals surface area contributed by atoms with Gasteiger partial charge in [-0.05, 0) is 35.7 Å². The lowest BCUT2D eigenvalue weighted by Crippen LogP contribution is -2.28. The molecule has 0 spiro atoms. The number of amides is 3. The first-order valence-electron chi connectivity index (χ1n) is 8.33. The summed E-state index contributed by atoms with van der Waals surface area (Å²) >= 11 is 0. The van der Waals surface area contributed by atoms with Crippen molar-refractivity contribution < 1.29 is 14.4 Å². The Bertz CT molecular complexity index is 826. The summed E-state index contributed by atoms with van der Waals surface area (Å²) in [7, 11) is 0. The summed E-state index contributed by atoms with van der Waals surface area (Å²) < 4.78 is 0. The minimum absolute atomic E-state index is 0.219. The zero-order chi connectivity index (χ0) is 18.0. The fraction of sp³-hybridized carbons (Fsp3) is 0.250. The van der Waals surface area contributed by atoms with Crippen molar-refractivity contribution >= 4 is 29.1 Å². The van der Waals surface area contributed by atoms with E-state index in [1.165, 1.54) is 0 Å². The van der Waals surface area contributed by atoms with Gasteiger partial charge in [0.05, 0.1) is 5.69 Å². The van der Waals surface area contributed by atoms with Gasteiger partial charge in [-0.1, -0.05) is 38.1 Å². The highest BCUT2D eigenvalue weighted by Gasteiger charge is 2.30. The highest BCUT2D eigenvalue weighted by atomic mass is 16.2. The summed E-state index contributed by atoms with van der Waals surface area (Å²) in [5.74, 6) is -0.447. The van der Waals surface area contributed by atoms with Crippen LogP contribution >= 0.6 is 0 Å². The molecular weight excluding hydrogens is 316 g/mol. The topological polar surface area (TPSA) is 66.5 Å². The van der Waals surface area contributed by atoms with Crippen LogP contribution in [0.25, 0.3) is 0 Å². The van der Waals surface area contributed by atoms with Crippen LogP contribution in [0.15, 0.2) is 48.5 Å². The summed E-state index contributed by atoms with van der Waals surface area (Å²) in [6.45, 7) is 4.13. The summed E-state index contributed by atoms with van der Waals surface area (Å²) in [6.07, 6.45) is 0.439. The SMILES string of the molecule is CC(C)c1ccccc1NC(=O)c1cccc(N2C(=O)CCC2=O)c1. The molecule has 25 heavy (non-hydrogen) atoms. The maximum atomic E-state index is 12.6. The molecule has 0 saturated carbocycles. The number of anilines is 2. The van der Waals surface area contributed by atoms with Crippen molar-refractivity contribution in [3.8, 4) is 0 Å². The molecule has 3 amide bonds. The number of rotatable bonds is 4. The molecule has 1 aliphatic rings. The number of benzene rings is 2. The predicted octanol–water partition coefficient (Wildman–Crippen LogP) is 3.72. The Kier molecular flexibility index (Phi) is 4.65. The summed E-state index contributed by atoms with van der Waals surface area (Å²) in [5.41, 5.74) is 2.67. The lowest BCUT2D eigenvalue weighted by Gasteiger charge is -2.16. The highest BCUT2D eigenvalue weighted by molar-refractivity contribution is 6.20. The second-order valence-corrected chi connectivity index (χ2v) is 6.37. The summed E-state index contributed by atoms with van der Waals surface area (Å²) in [5, 5.41) is 2.92. The average molecular weight is 336 g/mol. The van der Waals surface area contributed by atoms with E-state index in [2.05, 4.69) is 19.2 Å². The second kappa shape index (κ2) is 6.89. The zero-order valence-corrected chi connectivity index (χ0v) is 14.3. The molecule has 1 aliphatic heterocycles. The quantitative estimate of drug-likeness (QED) is 0.866. The maximum absolute atomic E-state index is 12.6. The lowest BCUT2D eigenvalue weighted by molar-refractivity contribution is -0.121. The monoisotopic (exact) mass is 336 g/mol. The van der Waals surface area contributed by atoms with Crippen molar-refractivity contribution in [1.82, 2.24) is 0 Å². The Labute approximate surface area is 146 Å². The Morgan fingerprint density at radius 3 is 2.36 bits per heavy atom. The van der Waals surface area contributed by atoms with Crippen molar-refractivity contribution in [2.45, 2.75) is 32.6 Å². The largest absolute Gasteiger partial charge is 0.322 e. The molecule has 0 unspecified atom stereocenters. The number of carbonyl (C=O) groups excluding carboxylic acids is 3. The van der Waals surface area contributed by atoms with Gasteiger partial charge in [-0.3, -0.25) is 19.3 Å². The molecular formula is C20H20N2O3. The van der Waals surface area contributed by atoms with E-state index in [1.54, 1.807) is 24.3 Å². The van der Waals surface area contributed by atoms with E-state index < -0.39 is 0 Å². The first-order valence-corrected chi connectivity index (χ1v) is 8.33. The number of hydrogen-bond acceptors (Lipinski definition) is 3. The molecule has 5 nitrogen and oxygen atoms in total. The summed E-state index contributed by atoms with van der Waals surface area (Å²) in [4.78, 5) is 37.5. The van der Waals surface area contributed by atoms with Gasteiger partial charge in [0.1, 0.15) is 0 Å². The molecule has 0 atom stereocenters. The van der Waals surface area contributed by atoms with Gasteiger partial charge in [0.15, 0.2) is 0 Å². The first kappa shape index (κ1) is 16.9. The van der Waals surface area contributed by atoms with Crippen molar-refractivity contribution in [2.24, 2.45) is 0 Å². The molecule has 0 aliphatic carbocycles. The van der Waals surface area contributed by atoms with Crippen LogP contribution in [0.3, 0.4) is 0 Å². The number of imide groups is 1. The van der Waals surface area contributed by atoms with Crippen LogP contribution in [0.2, 0.25) is 0 Å². The normalized spacial score (nSPS) is 14.3. The van der Waals surface area contributed by atoms with Crippen LogP contribution in [0.1, 0.15) is 48.5 Å². The lowest BCUT2D eigenvalue weighted by atomic mass is 10.0. The third-order valence-electron chi connectivity index (χ3n) is 4.25. The van der Waals surface area contributed by atoms with Crippen LogP contribution in [-0.4, -0.2) is 17.7 Å². The van der Waals surface area contributed by atoms with E-state index in [9.17, 15) is 14.4 Å². The van der Waals surface area contributed by atoms with Gasteiger partial charge in [-0.15, -0.1) is 0 Å². The molecule has 1 N–H and O–H groups in total. The standard InChI is InChI=1S/C20H20N2O3/c1-13(2)16-8-3-4-9-17(16)21-20(25)14-6-5-7-15(12-14)22-18(23)10-11-19(22)24/h3-9,12-13H,10-11H2,1-2H3,(H,21,25). The Morgan fingerprint density at radius 1 is 1.00 bits per heavy atom. The van der Waals surface area contributed by atoms with E-state index in [-0.39, 0.29) is 36.5 Å². The van der Waals surface area contributed by atoms with Crippen LogP contribution in [0.5, 0.6) is 0 Å². The maximum Gasteiger partial charge on any atom is 0.255 e. The van der Waals surface area contributed by atoms with Gasteiger partial charge in [0.25, 0.3) is 5.91 Å². The zero-order valence-electron chi connectivity index (χ0n) is 14.3. The molecule has 1 heterocycles. The first-order chi connectivity index (χ1) is 12.0. The second-order valence-electron chi connectivity index (χ2n) is 6.37. The molecule has 0 radical (unpaired) electrons. The van der Waals surface area contributed by atoms with E-state index in [4.69, 9.17) is 0 Å². The van der Waals surface area contributed by atoms with Crippen LogP contribution in [0.4, 0.5) is 11.4 Å². The summed E-state index contributed by atoms with van der Waals surface area (Å²) in [6, 6.07) is 14.3. The average Bonchev–Trinajstić information content (AvgIpc) is 2.94. The molecule has 0 bridgehead atoms. The van der Waals surface area contributed by atoms with Gasteiger partial charge >= 0.3 is 0 Å². The van der Waals surface area contributed by atoms with Crippen molar-refractivity contribution in [3.05, 3.63) is 59.7 Å². The Hall–Kier alpha value is -2.95. The Morgan fingerprint density at radius 2 is 1.68 bits per heavy atom. The van der Waals surface area contributed by atoms with Crippen molar-refractivity contribution in [1.29, 1.82) is 0 Å². The third kappa shape index (κ3) is 3.45. The molecule has 1 saturated heterocycles.